The molecule has 1 rings (SSSR count). The zero-order valence-corrected chi connectivity index (χ0v) is 17.7. The van der Waals surface area contributed by atoms with Crippen molar-refractivity contribution in [1.82, 2.24) is 0 Å². The van der Waals surface area contributed by atoms with Gasteiger partial charge in [-0.05, 0) is 24.3 Å². The van der Waals surface area contributed by atoms with Gasteiger partial charge in [-0.1, -0.05) is 140 Å². The van der Waals surface area contributed by atoms with Crippen LogP contribution in [0.15, 0.2) is 42.5 Å². The maximum atomic E-state index is 2.39. The van der Waals surface area contributed by atoms with Gasteiger partial charge in [0, 0.05) is 0 Å². The maximum Gasteiger partial charge on any atom is -0.00104 e. The minimum Gasteiger partial charge on any atom is -0.0879 e. The first-order valence-electron chi connectivity index (χ1n) is 11.6. The second-order valence-electron chi connectivity index (χ2n) is 8.01. The SMILES string of the molecule is CCCCCCCCCCCCCCCC/C=C/C(C)c1ccccc1. The molecule has 0 aliphatic carbocycles. The van der Waals surface area contributed by atoms with Crippen LogP contribution in [0.1, 0.15) is 122 Å². The predicted octanol–water partition coefficient (Wildman–Crippen LogP) is 9.22. The maximum absolute atomic E-state index is 2.39. The molecule has 0 heterocycles. The van der Waals surface area contributed by atoms with Crippen molar-refractivity contribution < 1.29 is 0 Å². The van der Waals surface area contributed by atoms with Crippen molar-refractivity contribution in [3.8, 4) is 0 Å². The molecule has 0 saturated carbocycles. The lowest BCUT2D eigenvalue weighted by atomic mass is 10.00. The second-order valence-corrected chi connectivity index (χ2v) is 8.01. The Morgan fingerprint density at radius 1 is 0.654 bits per heavy atom. The number of rotatable bonds is 17. The molecule has 0 saturated heterocycles. The first-order valence-corrected chi connectivity index (χ1v) is 11.6. The normalized spacial score (nSPS) is 12.7. The van der Waals surface area contributed by atoms with E-state index >= 15 is 0 Å². The lowest BCUT2D eigenvalue weighted by molar-refractivity contribution is 0.536. The molecule has 0 bridgehead atoms. The molecular weight excluding hydrogens is 312 g/mol. The highest BCUT2D eigenvalue weighted by Crippen LogP contribution is 2.17. The summed E-state index contributed by atoms with van der Waals surface area (Å²) >= 11 is 0. The molecule has 1 aromatic carbocycles. The Hall–Kier alpha value is -1.04. The van der Waals surface area contributed by atoms with Crippen molar-refractivity contribution in [3.05, 3.63) is 48.0 Å². The van der Waals surface area contributed by atoms with Gasteiger partial charge in [-0.3, -0.25) is 0 Å². The number of unbranched alkanes of at least 4 members (excludes halogenated alkanes) is 14. The number of hydrogen-bond acceptors (Lipinski definition) is 0. The molecular formula is C26H44. The van der Waals surface area contributed by atoms with Crippen molar-refractivity contribution in [2.24, 2.45) is 0 Å². The molecule has 148 valence electrons. The van der Waals surface area contributed by atoms with E-state index in [1.54, 1.807) is 0 Å². The highest BCUT2D eigenvalue weighted by Gasteiger charge is 1.98. The Morgan fingerprint density at radius 3 is 1.62 bits per heavy atom. The molecule has 1 unspecified atom stereocenters. The van der Waals surface area contributed by atoms with E-state index in [1.165, 1.54) is 102 Å². The first-order chi connectivity index (χ1) is 12.8. The molecule has 0 aliphatic rings. The van der Waals surface area contributed by atoms with Gasteiger partial charge < -0.3 is 0 Å². The standard InChI is InChI=1S/C26H44/c1-3-4-5-6-7-8-9-10-11-12-13-14-15-16-17-19-22-25(2)26-23-20-18-21-24-26/h18-25H,3-17H2,1-2H3/b22-19+. The lowest BCUT2D eigenvalue weighted by Crippen LogP contribution is -1.87. The average Bonchev–Trinajstić information content (AvgIpc) is 2.68. The predicted molar refractivity (Wildman–Crippen MR) is 119 cm³/mol. The van der Waals surface area contributed by atoms with Gasteiger partial charge in [-0.2, -0.15) is 0 Å². The molecule has 0 aromatic heterocycles. The molecule has 1 atom stereocenters. The third kappa shape index (κ3) is 13.2. The smallest absolute Gasteiger partial charge is 0.00104 e. The van der Waals surface area contributed by atoms with Crippen molar-refractivity contribution in [1.29, 1.82) is 0 Å². The molecule has 1 aromatic rings. The Bertz CT molecular complexity index is 417. The van der Waals surface area contributed by atoms with Crippen LogP contribution in [0.4, 0.5) is 0 Å². The van der Waals surface area contributed by atoms with E-state index in [0.717, 1.165) is 0 Å². The zero-order chi connectivity index (χ0) is 18.7. The van der Waals surface area contributed by atoms with Crippen LogP contribution in [0.2, 0.25) is 0 Å². The van der Waals surface area contributed by atoms with E-state index in [-0.39, 0.29) is 0 Å². The molecule has 0 amide bonds. The lowest BCUT2D eigenvalue weighted by Gasteiger charge is -2.06. The summed E-state index contributed by atoms with van der Waals surface area (Å²) in [4.78, 5) is 0. The summed E-state index contributed by atoms with van der Waals surface area (Å²) in [5.41, 5.74) is 1.42. The fourth-order valence-corrected chi connectivity index (χ4v) is 3.62. The van der Waals surface area contributed by atoms with E-state index in [0.29, 0.717) is 5.92 Å². The Labute approximate surface area is 164 Å². The third-order valence-corrected chi connectivity index (χ3v) is 5.47. The van der Waals surface area contributed by atoms with E-state index < -0.39 is 0 Å². The van der Waals surface area contributed by atoms with Gasteiger partial charge >= 0.3 is 0 Å². The molecule has 26 heavy (non-hydrogen) atoms. The van der Waals surface area contributed by atoms with Crippen LogP contribution in [-0.2, 0) is 0 Å². The molecule has 0 heteroatoms. The van der Waals surface area contributed by atoms with Crippen LogP contribution >= 0.6 is 0 Å². The third-order valence-electron chi connectivity index (χ3n) is 5.47. The summed E-state index contributed by atoms with van der Waals surface area (Å²) < 4.78 is 0. The molecule has 0 aliphatic heterocycles. The Kier molecular flexibility index (Phi) is 15.4. The Balaban J connectivity index is 1.81. The highest BCUT2D eigenvalue weighted by molar-refractivity contribution is 5.22. The topological polar surface area (TPSA) is 0 Å². The van der Waals surface area contributed by atoms with E-state index in [2.05, 4.69) is 56.3 Å². The van der Waals surface area contributed by atoms with Crippen LogP contribution in [-0.4, -0.2) is 0 Å². The fraction of sp³-hybridized carbons (Fsp3) is 0.692. The van der Waals surface area contributed by atoms with E-state index in [9.17, 15) is 0 Å². The summed E-state index contributed by atoms with van der Waals surface area (Å²) in [5.74, 6) is 0.544. The minimum atomic E-state index is 0.544. The van der Waals surface area contributed by atoms with Gasteiger partial charge in [-0.25, -0.2) is 0 Å². The van der Waals surface area contributed by atoms with Gasteiger partial charge in [0.05, 0.1) is 0 Å². The van der Waals surface area contributed by atoms with Crippen molar-refractivity contribution in [3.63, 3.8) is 0 Å². The molecule has 0 fully saturated rings. The summed E-state index contributed by atoms with van der Waals surface area (Å²) in [6.45, 7) is 4.58. The van der Waals surface area contributed by atoms with Gasteiger partial charge in [0.1, 0.15) is 0 Å². The monoisotopic (exact) mass is 356 g/mol. The Morgan fingerprint density at radius 2 is 1.12 bits per heavy atom. The number of allylic oxidation sites excluding steroid dienone is 2. The molecule has 0 spiro atoms. The van der Waals surface area contributed by atoms with Gasteiger partial charge in [0.2, 0.25) is 0 Å². The summed E-state index contributed by atoms with van der Waals surface area (Å²) in [7, 11) is 0. The summed E-state index contributed by atoms with van der Waals surface area (Å²) in [6, 6.07) is 10.8. The number of benzene rings is 1. The van der Waals surface area contributed by atoms with E-state index in [1.807, 2.05) is 0 Å². The zero-order valence-electron chi connectivity index (χ0n) is 17.7. The first kappa shape index (κ1) is 23.0. The van der Waals surface area contributed by atoms with Crippen LogP contribution in [0.25, 0.3) is 0 Å². The average molecular weight is 357 g/mol. The summed E-state index contributed by atoms with van der Waals surface area (Å²) in [6.07, 6.45) is 26.1. The largest absolute Gasteiger partial charge is 0.0879 e. The quantitative estimate of drug-likeness (QED) is 0.193. The molecule has 0 N–H and O–H groups in total. The van der Waals surface area contributed by atoms with Crippen molar-refractivity contribution >= 4 is 0 Å². The van der Waals surface area contributed by atoms with Crippen LogP contribution in [0.5, 0.6) is 0 Å². The molecule has 0 nitrogen and oxygen atoms in total. The van der Waals surface area contributed by atoms with E-state index in [4.69, 9.17) is 0 Å². The van der Waals surface area contributed by atoms with Gasteiger partial charge in [0.25, 0.3) is 0 Å². The highest BCUT2D eigenvalue weighted by atomic mass is 14.0. The second kappa shape index (κ2) is 17.4. The van der Waals surface area contributed by atoms with Crippen LogP contribution in [0.3, 0.4) is 0 Å². The van der Waals surface area contributed by atoms with Crippen molar-refractivity contribution in [2.45, 2.75) is 116 Å². The minimum absolute atomic E-state index is 0.544. The van der Waals surface area contributed by atoms with Gasteiger partial charge in [-0.15, -0.1) is 0 Å². The van der Waals surface area contributed by atoms with Crippen LogP contribution in [0, 0.1) is 0 Å². The number of hydrogen-bond donors (Lipinski definition) is 0. The molecule has 0 radical (unpaired) electrons. The van der Waals surface area contributed by atoms with Gasteiger partial charge in [0.15, 0.2) is 0 Å². The fourth-order valence-electron chi connectivity index (χ4n) is 3.62. The van der Waals surface area contributed by atoms with Crippen molar-refractivity contribution in [2.75, 3.05) is 0 Å². The van der Waals surface area contributed by atoms with Crippen LogP contribution < -0.4 is 0 Å². The summed E-state index contributed by atoms with van der Waals surface area (Å²) in [5, 5.41) is 0.